The third-order valence-electron chi connectivity index (χ3n) is 5.28. The number of morpholine rings is 1. The van der Waals surface area contributed by atoms with Crippen molar-refractivity contribution in [3.05, 3.63) is 52.9 Å². The number of carbonyl (C=O) groups excluding carboxylic acids is 1. The monoisotopic (exact) mass is 420 g/mol. The number of carbonyl (C=O) groups is 1. The van der Waals surface area contributed by atoms with Crippen LogP contribution in [-0.2, 0) is 32.5 Å². The fourth-order valence-corrected chi connectivity index (χ4v) is 6.74. The van der Waals surface area contributed by atoms with Gasteiger partial charge in [-0.25, -0.2) is 8.42 Å². The van der Waals surface area contributed by atoms with E-state index in [4.69, 9.17) is 4.74 Å². The van der Waals surface area contributed by atoms with Gasteiger partial charge in [0.25, 0.3) is 10.0 Å². The second-order valence-electron chi connectivity index (χ2n) is 7.47. The van der Waals surface area contributed by atoms with Gasteiger partial charge in [-0.2, -0.15) is 4.31 Å². The molecular formula is C20H24N2O4S2. The van der Waals surface area contributed by atoms with Gasteiger partial charge in [-0.05, 0) is 42.8 Å². The lowest BCUT2D eigenvalue weighted by atomic mass is 9.95. The average Bonchev–Trinajstić information content (AvgIpc) is 3.21. The molecule has 0 aliphatic carbocycles. The van der Waals surface area contributed by atoms with E-state index in [1.165, 1.54) is 15.6 Å². The molecule has 3 atom stereocenters. The highest BCUT2D eigenvalue weighted by atomic mass is 32.2. The predicted octanol–water partition coefficient (Wildman–Crippen LogP) is 2.50. The molecule has 2 aromatic rings. The SMILES string of the molecule is CC1CN(C(=O)C2Cc3ccccc3CN2S(=O)(=O)c2cccs2)CC(C)O1. The molecule has 150 valence electrons. The largest absolute Gasteiger partial charge is 0.372 e. The fourth-order valence-electron chi connectivity index (χ4n) is 4.06. The number of hydrogen-bond donors (Lipinski definition) is 0. The highest BCUT2D eigenvalue weighted by Gasteiger charge is 2.42. The van der Waals surface area contributed by atoms with Gasteiger partial charge >= 0.3 is 0 Å². The lowest BCUT2D eigenvalue weighted by molar-refractivity contribution is -0.147. The second-order valence-corrected chi connectivity index (χ2v) is 10.5. The molecule has 28 heavy (non-hydrogen) atoms. The molecule has 1 amide bonds. The number of fused-ring (bicyclic) bond motifs is 1. The first-order valence-electron chi connectivity index (χ1n) is 9.42. The summed E-state index contributed by atoms with van der Waals surface area (Å²) in [6.45, 7) is 5.04. The number of thiophene rings is 1. The second kappa shape index (κ2) is 7.59. The molecule has 0 spiro atoms. The van der Waals surface area contributed by atoms with E-state index < -0.39 is 16.1 Å². The molecule has 1 saturated heterocycles. The molecule has 0 saturated carbocycles. The van der Waals surface area contributed by atoms with Crippen LogP contribution in [0.2, 0.25) is 0 Å². The molecule has 8 heteroatoms. The third kappa shape index (κ3) is 3.61. The Morgan fingerprint density at radius 3 is 2.39 bits per heavy atom. The fraction of sp³-hybridized carbons (Fsp3) is 0.450. The minimum absolute atomic E-state index is 0.0640. The van der Waals surface area contributed by atoms with Crippen molar-refractivity contribution in [2.24, 2.45) is 0 Å². The summed E-state index contributed by atoms with van der Waals surface area (Å²) in [4.78, 5) is 15.2. The maximum absolute atomic E-state index is 13.4. The Bertz CT molecular complexity index is 948. The van der Waals surface area contributed by atoms with Crippen LogP contribution in [0.1, 0.15) is 25.0 Å². The molecular weight excluding hydrogens is 396 g/mol. The maximum Gasteiger partial charge on any atom is 0.253 e. The van der Waals surface area contributed by atoms with Gasteiger partial charge in [-0.3, -0.25) is 4.79 Å². The lowest BCUT2D eigenvalue weighted by Crippen LogP contribution is -2.57. The number of rotatable bonds is 3. The minimum Gasteiger partial charge on any atom is -0.372 e. The van der Waals surface area contributed by atoms with Gasteiger partial charge in [-0.1, -0.05) is 30.3 Å². The number of ether oxygens (including phenoxy) is 1. The first-order valence-corrected chi connectivity index (χ1v) is 11.7. The van der Waals surface area contributed by atoms with Crippen LogP contribution in [0, 0.1) is 0 Å². The highest BCUT2D eigenvalue weighted by molar-refractivity contribution is 7.91. The molecule has 1 aromatic heterocycles. The highest BCUT2D eigenvalue weighted by Crippen LogP contribution is 2.32. The summed E-state index contributed by atoms with van der Waals surface area (Å²) < 4.78 is 34.0. The summed E-state index contributed by atoms with van der Waals surface area (Å²) >= 11 is 1.18. The summed E-state index contributed by atoms with van der Waals surface area (Å²) in [7, 11) is -3.75. The molecule has 2 aliphatic heterocycles. The Hall–Kier alpha value is -1.74. The molecule has 3 heterocycles. The molecule has 0 N–H and O–H groups in total. The Kier molecular flexibility index (Phi) is 5.30. The molecule has 6 nitrogen and oxygen atoms in total. The van der Waals surface area contributed by atoms with E-state index in [1.807, 2.05) is 38.1 Å². The average molecular weight is 421 g/mol. The van der Waals surface area contributed by atoms with Crippen molar-refractivity contribution in [3.8, 4) is 0 Å². The van der Waals surface area contributed by atoms with Crippen LogP contribution in [0.4, 0.5) is 0 Å². The molecule has 1 aromatic carbocycles. The van der Waals surface area contributed by atoms with Crippen molar-refractivity contribution in [2.45, 2.75) is 49.3 Å². The normalized spacial score (nSPS) is 26.1. The summed E-state index contributed by atoms with van der Waals surface area (Å²) in [5, 5.41) is 1.74. The van der Waals surface area contributed by atoms with Crippen LogP contribution < -0.4 is 0 Å². The van der Waals surface area contributed by atoms with Crippen molar-refractivity contribution in [1.82, 2.24) is 9.21 Å². The van der Waals surface area contributed by atoms with Gasteiger partial charge < -0.3 is 9.64 Å². The first-order chi connectivity index (χ1) is 13.4. The zero-order valence-electron chi connectivity index (χ0n) is 15.9. The van der Waals surface area contributed by atoms with Crippen molar-refractivity contribution in [2.75, 3.05) is 13.1 Å². The molecule has 3 unspecified atom stereocenters. The Morgan fingerprint density at radius 1 is 1.07 bits per heavy atom. The summed E-state index contributed by atoms with van der Waals surface area (Å²) in [6.07, 6.45) is 0.261. The Morgan fingerprint density at radius 2 is 1.75 bits per heavy atom. The van der Waals surface area contributed by atoms with E-state index in [1.54, 1.807) is 22.4 Å². The van der Waals surface area contributed by atoms with Gasteiger partial charge in [0.1, 0.15) is 10.3 Å². The zero-order chi connectivity index (χ0) is 19.9. The van der Waals surface area contributed by atoms with Gasteiger partial charge in [0.2, 0.25) is 5.91 Å². The van der Waals surface area contributed by atoms with Crippen LogP contribution in [-0.4, -0.2) is 54.9 Å². The van der Waals surface area contributed by atoms with E-state index >= 15 is 0 Å². The molecule has 0 bridgehead atoms. The van der Waals surface area contributed by atoms with Gasteiger partial charge in [0.15, 0.2) is 0 Å². The van der Waals surface area contributed by atoms with Crippen LogP contribution in [0.5, 0.6) is 0 Å². The summed E-state index contributed by atoms with van der Waals surface area (Å²) in [5.74, 6) is -0.142. The van der Waals surface area contributed by atoms with Crippen molar-refractivity contribution in [1.29, 1.82) is 0 Å². The Balaban J connectivity index is 1.71. The number of sulfonamides is 1. The van der Waals surface area contributed by atoms with E-state index in [0.717, 1.165) is 11.1 Å². The molecule has 2 aliphatic rings. The van der Waals surface area contributed by atoms with Crippen molar-refractivity contribution < 1.29 is 17.9 Å². The van der Waals surface area contributed by atoms with Crippen molar-refractivity contribution >= 4 is 27.3 Å². The molecule has 1 fully saturated rings. The van der Waals surface area contributed by atoms with Gasteiger partial charge in [0, 0.05) is 19.6 Å². The van der Waals surface area contributed by atoms with E-state index in [2.05, 4.69) is 0 Å². The van der Waals surface area contributed by atoms with Gasteiger partial charge in [0.05, 0.1) is 12.2 Å². The number of amides is 1. The smallest absolute Gasteiger partial charge is 0.253 e. The zero-order valence-corrected chi connectivity index (χ0v) is 17.6. The van der Waals surface area contributed by atoms with Crippen LogP contribution in [0.3, 0.4) is 0 Å². The van der Waals surface area contributed by atoms with Crippen LogP contribution in [0.25, 0.3) is 0 Å². The molecule has 0 radical (unpaired) electrons. The van der Waals surface area contributed by atoms with E-state index in [9.17, 15) is 13.2 Å². The quantitative estimate of drug-likeness (QED) is 0.765. The number of benzene rings is 1. The number of hydrogen-bond acceptors (Lipinski definition) is 5. The van der Waals surface area contributed by atoms with Crippen molar-refractivity contribution in [3.63, 3.8) is 0 Å². The number of nitrogens with zero attached hydrogens (tertiary/aromatic N) is 2. The minimum atomic E-state index is -3.75. The van der Waals surface area contributed by atoms with Gasteiger partial charge in [-0.15, -0.1) is 11.3 Å². The molecule has 4 rings (SSSR count). The Labute approximate surface area is 169 Å². The lowest BCUT2D eigenvalue weighted by Gasteiger charge is -2.41. The van der Waals surface area contributed by atoms with E-state index in [0.29, 0.717) is 19.5 Å². The van der Waals surface area contributed by atoms with E-state index in [-0.39, 0.29) is 28.9 Å². The summed E-state index contributed by atoms with van der Waals surface area (Å²) in [5.41, 5.74) is 1.99. The third-order valence-corrected chi connectivity index (χ3v) is 8.51. The van der Waals surface area contributed by atoms with Crippen LogP contribution in [0.15, 0.2) is 46.0 Å². The summed E-state index contributed by atoms with van der Waals surface area (Å²) in [6, 6.07) is 10.3. The predicted molar refractivity (Wildman–Crippen MR) is 108 cm³/mol. The maximum atomic E-state index is 13.4. The standard InChI is InChI=1S/C20H24N2O4S2/c1-14-11-21(12-15(2)26-14)20(23)18-10-16-6-3-4-7-17(16)13-22(18)28(24,25)19-8-5-9-27-19/h3-9,14-15,18H,10-13H2,1-2H3. The first kappa shape index (κ1) is 19.6. The topological polar surface area (TPSA) is 66.9 Å². The van der Waals surface area contributed by atoms with Crippen LogP contribution >= 0.6 is 11.3 Å².